The monoisotopic (exact) mass is 326 g/mol. The van der Waals surface area contributed by atoms with Crippen molar-refractivity contribution in [1.29, 1.82) is 0 Å². The third-order valence-corrected chi connectivity index (χ3v) is 3.86. The lowest BCUT2D eigenvalue weighted by molar-refractivity contribution is -0.155. The van der Waals surface area contributed by atoms with E-state index in [2.05, 4.69) is 0 Å². The van der Waals surface area contributed by atoms with E-state index in [0.717, 1.165) is 6.92 Å². The highest BCUT2D eigenvalue weighted by Crippen LogP contribution is 2.42. The SMILES string of the molecule is COc1cc(O)c(CCC(=O)O)cc1[C@@H]1OC(=O)C(C)(O)C1O. The van der Waals surface area contributed by atoms with Gasteiger partial charge in [-0.25, -0.2) is 4.79 Å². The van der Waals surface area contributed by atoms with E-state index in [1.807, 2.05) is 0 Å². The van der Waals surface area contributed by atoms with E-state index in [4.69, 9.17) is 14.6 Å². The average Bonchev–Trinajstić information content (AvgIpc) is 2.68. The second-order valence-corrected chi connectivity index (χ2v) is 5.53. The summed E-state index contributed by atoms with van der Waals surface area (Å²) in [6.45, 7) is 1.14. The molecule has 23 heavy (non-hydrogen) atoms. The number of phenols is 1. The van der Waals surface area contributed by atoms with Gasteiger partial charge in [-0.2, -0.15) is 0 Å². The fraction of sp³-hybridized carbons (Fsp3) is 0.467. The van der Waals surface area contributed by atoms with Crippen molar-refractivity contribution in [3.05, 3.63) is 23.3 Å². The Bertz CT molecular complexity index is 637. The molecule has 2 unspecified atom stereocenters. The average molecular weight is 326 g/mol. The molecule has 1 saturated heterocycles. The van der Waals surface area contributed by atoms with Crippen LogP contribution in [0.3, 0.4) is 0 Å². The number of hydrogen-bond donors (Lipinski definition) is 4. The van der Waals surface area contributed by atoms with Crippen molar-refractivity contribution in [3.63, 3.8) is 0 Å². The molecule has 1 aliphatic heterocycles. The highest BCUT2D eigenvalue weighted by atomic mass is 16.6. The van der Waals surface area contributed by atoms with Crippen molar-refractivity contribution in [3.8, 4) is 11.5 Å². The number of methoxy groups -OCH3 is 1. The Morgan fingerprint density at radius 1 is 1.43 bits per heavy atom. The molecule has 8 nitrogen and oxygen atoms in total. The van der Waals surface area contributed by atoms with Gasteiger partial charge in [0, 0.05) is 18.1 Å². The molecule has 1 aromatic rings. The van der Waals surface area contributed by atoms with E-state index in [1.54, 1.807) is 0 Å². The maximum absolute atomic E-state index is 11.7. The molecule has 1 aliphatic rings. The fourth-order valence-electron chi connectivity index (χ4n) is 2.42. The Labute approximate surface area is 131 Å². The van der Waals surface area contributed by atoms with Crippen molar-refractivity contribution in [1.82, 2.24) is 0 Å². The van der Waals surface area contributed by atoms with Crippen LogP contribution in [0, 0.1) is 0 Å². The summed E-state index contributed by atoms with van der Waals surface area (Å²) in [6, 6.07) is 2.65. The van der Waals surface area contributed by atoms with Crippen LogP contribution in [-0.2, 0) is 20.7 Å². The molecule has 4 N–H and O–H groups in total. The van der Waals surface area contributed by atoms with Gasteiger partial charge >= 0.3 is 11.9 Å². The molecule has 0 saturated carbocycles. The normalized spacial score (nSPS) is 26.9. The summed E-state index contributed by atoms with van der Waals surface area (Å²) in [7, 11) is 1.33. The van der Waals surface area contributed by atoms with E-state index >= 15 is 0 Å². The van der Waals surface area contributed by atoms with Gasteiger partial charge in [0.15, 0.2) is 11.7 Å². The molecule has 0 aromatic heterocycles. The Balaban J connectivity index is 2.42. The van der Waals surface area contributed by atoms with Crippen LogP contribution in [0.1, 0.15) is 30.6 Å². The fourth-order valence-corrected chi connectivity index (χ4v) is 2.42. The second kappa shape index (κ2) is 6.05. The Morgan fingerprint density at radius 3 is 2.57 bits per heavy atom. The molecular formula is C15H18O8. The Hall–Kier alpha value is -2.32. The number of benzene rings is 1. The summed E-state index contributed by atoms with van der Waals surface area (Å²) >= 11 is 0. The van der Waals surface area contributed by atoms with Crippen molar-refractivity contribution < 1.29 is 39.5 Å². The van der Waals surface area contributed by atoms with Crippen LogP contribution in [-0.4, -0.2) is 51.2 Å². The van der Waals surface area contributed by atoms with Gasteiger partial charge in [-0.05, 0) is 25.0 Å². The number of esters is 1. The maximum Gasteiger partial charge on any atom is 0.341 e. The minimum absolute atomic E-state index is 0.0469. The molecule has 0 spiro atoms. The first-order valence-corrected chi connectivity index (χ1v) is 6.91. The number of aliphatic hydroxyl groups excluding tert-OH is 1. The zero-order chi connectivity index (χ0) is 17.4. The smallest absolute Gasteiger partial charge is 0.341 e. The third kappa shape index (κ3) is 3.08. The van der Waals surface area contributed by atoms with Crippen LogP contribution in [0.5, 0.6) is 11.5 Å². The largest absolute Gasteiger partial charge is 0.508 e. The molecular weight excluding hydrogens is 308 g/mol. The zero-order valence-corrected chi connectivity index (χ0v) is 12.6. The van der Waals surface area contributed by atoms with Crippen LogP contribution in [0.2, 0.25) is 0 Å². The van der Waals surface area contributed by atoms with Crippen LogP contribution in [0.15, 0.2) is 12.1 Å². The number of ether oxygens (including phenoxy) is 2. The highest BCUT2D eigenvalue weighted by Gasteiger charge is 2.54. The number of carboxylic acids is 1. The first kappa shape index (κ1) is 17.0. The first-order chi connectivity index (χ1) is 10.7. The molecule has 3 atom stereocenters. The predicted molar refractivity (Wildman–Crippen MR) is 76.1 cm³/mol. The van der Waals surface area contributed by atoms with E-state index in [0.29, 0.717) is 5.56 Å². The summed E-state index contributed by atoms with van der Waals surface area (Å²) in [6.07, 6.45) is -2.87. The highest BCUT2D eigenvalue weighted by molar-refractivity contribution is 5.82. The standard InChI is InChI=1S/C15H18O8/c1-15(21)13(19)12(23-14(15)20)8-5-7(3-4-11(17)18)9(16)6-10(8)22-2/h5-6,12-13,16,19,21H,3-4H2,1-2H3,(H,17,18)/t12-,13?,15?/m0/s1. The summed E-state index contributed by atoms with van der Waals surface area (Å²) < 4.78 is 10.1. The van der Waals surface area contributed by atoms with Crippen molar-refractivity contribution in [2.45, 2.75) is 37.6 Å². The van der Waals surface area contributed by atoms with E-state index in [9.17, 15) is 24.9 Å². The lowest BCUT2D eigenvalue weighted by atomic mass is 9.92. The number of aryl methyl sites for hydroxylation is 1. The van der Waals surface area contributed by atoms with Gasteiger partial charge < -0.3 is 29.9 Å². The van der Waals surface area contributed by atoms with E-state index in [-0.39, 0.29) is 29.9 Å². The number of hydrogen-bond acceptors (Lipinski definition) is 7. The predicted octanol–water partition coefficient (Wildman–Crippen LogP) is 0.128. The number of carboxylic acid groups (broad SMARTS) is 1. The molecule has 2 rings (SSSR count). The van der Waals surface area contributed by atoms with Gasteiger partial charge in [0.1, 0.15) is 17.6 Å². The van der Waals surface area contributed by atoms with E-state index in [1.165, 1.54) is 19.2 Å². The molecule has 1 heterocycles. The number of aromatic hydroxyl groups is 1. The van der Waals surface area contributed by atoms with Gasteiger partial charge in [0.05, 0.1) is 7.11 Å². The van der Waals surface area contributed by atoms with Gasteiger partial charge in [-0.3, -0.25) is 4.79 Å². The van der Waals surface area contributed by atoms with Crippen molar-refractivity contribution in [2.75, 3.05) is 7.11 Å². The molecule has 1 aromatic carbocycles. The molecule has 8 heteroatoms. The number of aliphatic carboxylic acids is 1. The van der Waals surface area contributed by atoms with Gasteiger partial charge in [-0.1, -0.05) is 0 Å². The number of rotatable bonds is 5. The van der Waals surface area contributed by atoms with Crippen LogP contribution >= 0.6 is 0 Å². The van der Waals surface area contributed by atoms with Gasteiger partial charge in [0.25, 0.3) is 0 Å². The summed E-state index contributed by atoms with van der Waals surface area (Å²) in [5.41, 5.74) is -1.52. The summed E-state index contributed by atoms with van der Waals surface area (Å²) in [4.78, 5) is 22.3. The van der Waals surface area contributed by atoms with Crippen LogP contribution in [0.25, 0.3) is 0 Å². The molecule has 0 amide bonds. The third-order valence-electron chi connectivity index (χ3n) is 3.86. The summed E-state index contributed by atoms with van der Waals surface area (Å²) in [5.74, 6) is -2.03. The van der Waals surface area contributed by atoms with Crippen molar-refractivity contribution in [2.24, 2.45) is 0 Å². The lowest BCUT2D eigenvalue weighted by Crippen LogP contribution is -2.41. The quantitative estimate of drug-likeness (QED) is 0.561. The number of cyclic esters (lactones) is 1. The Morgan fingerprint density at radius 2 is 2.09 bits per heavy atom. The lowest BCUT2D eigenvalue weighted by Gasteiger charge is -2.21. The summed E-state index contributed by atoms with van der Waals surface area (Å²) in [5, 5.41) is 38.7. The minimum Gasteiger partial charge on any atom is -0.508 e. The van der Waals surface area contributed by atoms with Crippen molar-refractivity contribution >= 4 is 11.9 Å². The molecule has 0 radical (unpaired) electrons. The zero-order valence-electron chi connectivity index (χ0n) is 12.6. The molecule has 1 fully saturated rings. The van der Waals surface area contributed by atoms with E-state index < -0.39 is 29.7 Å². The van der Waals surface area contributed by atoms with Gasteiger partial charge in [-0.15, -0.1) is 0 Å². The first-order valence-electron chi connectivity index (χ1n) is 6.91. The Kier molecular flexibility index (Phi) is 4.49. The van der Waals surface area contributed by atoms with Gasteiger partial charge in [0.2, 0.25) is 0 Å². The molecule has 0 aliphatic carbocycles. The van der Waals surface area contributed by atoms with Crippen LogP contribution in [0.4, 0.5) is 0 Å². The number of carbonyl (C=O) groups is 2. The van der Waals surface area contributed by atoms with Crippen LogP contribution < -0.4 is 4.74 Å². The number of carbonyl (C=O) groups excluding carboxylic acids is 1. The molecule has 0 bridgehead atoms. The number of aliphatic hydroxyl groups is 2. The maximum atomic E-state index is 11.7. The minimum atomic E-state index is -2.06. The second-order valence-electron chi connectivity index (χ2n) is 5.53. The topological polar surface area (TPSA) is 134 Å². The number of phenolic OH excluding ortho intramolecular Hbond substituents is 1. The molecule has 126 valence electrons.